The fourth-order valence-corrected chi connectivity index (χ4v) is 6.18. The minimum Gasteiger partial charge on any atom is -0.382 e. The van der Waals surface area contributed by atoms with Crippen LogP contribution in [0.3, 0.4) is 0 Å². The van der Waals surface area contributed by atoms with E-state index in [1.165, 1.54) is 0 Å². The molecular weight excluding hydrogens is 432 g/mol. The van der Waals surface area contributed by atoms with Crippen LogP contribution in [-0.4, -0.2) is 54.0 Å². The third-order valence-electron chi connectivity index (χ3n) is 8.24. The lowest BCUT2D eigenvalue weighted by Crippen LogP contribution is -2.52. The molecule has 3 fully saturated rings. The van der Waals surface area contributed by atoms with Crippen LogP contribution in [0.1, 0.15) is 73.7 Å². The number of fused-ring (bicyclic) bond motifs is 1. The van der Waals surface area contributed by atoms with E-state index in [4.69, 9.17) is 10.5 Å². The number of carbonyl (C=O) groups is 3. The number of ether oxygens (including phenoxy) is 1. The van der Waals surface area contributed by atoms with Gasteiger partial charge in [0.25, 0.3) is 5.91 Å². The van der Waals surface area contributed by atoms with E-state index in [1.54, 1.807) is 4.90 Å². The Balaban J connectivity index is 1.35. The van der Waals surface area contributed by atoms with Gasteiger partial charge >= 0.3 is 0 Å². The van der Waals surface area contributed by atoms with Crippen LogP contribution < -0.4 is 16.4 Å². The fraction of sp³-hybridized carbons (Fsp3) is 0.654. The predicted molar refractivity (Wildman–Crippen MR) is 128 cm³/mol. The van der Waals surface area contributed by atoms with Crippen LogP contribution in [0.2, 0.25) is 0 Å². The number of carbonyl (C=O) groups excluding carboxylic acids is 3. The number of anilines is 1. The molecule has 8 nitrogen and oxygen atoms in total. The molecule has 2 atom stereocenters. The van der Waals surface area contributed by atoms with Crippen molar-refractivity contribution in [1.82, 2.24) is 10.2 Å². The second-order valence-corrected chi connectivity index (χ2v) is 10.4. The van der Waals surface area contributed by atoms with E-state index in [0.29, 0.717) is 42.4 Å². The molecule has 4 N–H and O–H groups in total. The highest BCUT2D eigenvalue weighted by atomic mass is 16.5. The van der Waals surface area contributed by atoms with Crippen LogP contribution in [0, 0.1) is 11.8 Å². The Morgan fingerprint density at radius 3 is 2.56 bits per heavy atom. The molecule has 5 rings (SSSR count). The van der Waals surface area contributed by atoms with Gasteiger partial charge in [0.05, 0.1) is 0 Å². The summed E-state index contributed by atoms with van der Waals surface area (Å²) in [4.78, 5) is 38.9. The SMILES string of the molecule is NC1CCC([C@@H](CC2CCOCC2)Nc2cccc3c2CN([C@@H]2CCC(=O)NC2=O)C3=O)CC1. The summed E-state index contributed by atoms with van der Waals surface area (Å²) in [6, 6.07) is 5.87. The quantitative estimate of drug-likeness (QED) is 0.553. The Morgan fingerprint density at radius 1 is 1.06 bits per heavy atom. The molecule has 3 heterocycles. The Hall–Kier alpha value is -2.45. The van der Waals surface area contributed by atoms with Crippen molar-refractivity contribution >= 4 is 23.4 Å². The lowest BCUT2D eigenvalue weighted by atomic mass is 9.77. The molecule has 3 aliphatic heterocycles. The van der Waals surface area contributed by atoms with Crippen LogP contribution in [0.5, 0.6) is 0 Å². The molecule has 3 amide bonds. The molecule has 0 spiro atoms. The van der Waals surface area contributed by atoms with Crippen molar-refractivity contribution < 1.29 is 19.1 Å². The molecule has 4 aliphatic rings. The number of nitrogens with two attached hydrogens (primary N) is 1. The monoisotopic (exact) mass is 468 g/mol. The molecule has 8 heteroatoms. The number of amides is 3. The van der Waals surface area contributed by atoms with Crippen molar-refractivity contribution in [2.45, 2.75) is 82.5 Å². The zero-order chi connectivity index (χ0) is 23.7. The summed E-state index contributed by atoms with van der Waals surface area (Å²) in [5, 5.41) is 6.24. The zero-order valence-corrected chi connectivity index (χ0v) is 19.8. The van der Waals surface area contributed by atoms with E-state index < -0.39 is 6.04 Å². The molecule has 0 radical (unpaired) electrons. The van der Waals surface area contributed by atoms with Crippen LogP contribution >= 0.6 is 0 Å². The number of rotatable bonds is 6. The topological polar surface area (TPSA) is 114 Å². The Morgan fingerprint density at radius 2 is 1.82 bits per heavy atom. The largest absolute Gasteiger partial charge is 0.382 e. The third kappa shape index (κ3) is 4.84. The Kier molecular flexibility index (Phi) is 6.88. The van der Waals surface area contributed by atoms with Gasteiger partial charge in [-0.1, -0.05) is 6.07 Å². The average molecular weight is 469 g/mol. The van der Waals surface area contributed by atoms with Crippen molar-refractivity contribution in [3.05, 3.63) is 29.3 Å². The number of benzene rings is 1. The second kappa shape index (κ2) is 10.0. The number of imide groups is 1. The smallest absolute Gasteiger partial charge is 0.255 e. The number of hydrogen-bond acceptors (Lipinski definition) is 6. The maximum absolute atomic E-state index is 13.2. The first-order chi connectivity index (χ1) is 16.5. The normalized spacial score (nSPS) is 29.0. The van der Waals surface area contributed by atoms with E-state index in [2.05, 4.69) is 16.7 Å². The van der Waals surface area contributed by atoms with E-state index in [9.17, 15) is 14.4 Å². The van der Waals surface area contributed by atoms with Crippen LogP contribution in [0.4, 0.5) is 5.69 Å². The highest BCUT2D eigenvalue weighted by Gasteiger charge is 2.40. The fourth-order valence-electron chi connectivity index (χ4n) is 6.18. The second-order valence-electron chi connectivity index (χ2n) is 10.4. The number of nitrogens with zero attached hydrogens (tertiary/aromatic N) is 1. The van der Waals surface area contributed by atoms with Crippen molar-refractivity contribution in [2.75, 3.05) is 18.5 Å². The van der Waals surface area contributed by atoms with E-state index in [-0.39, 0.29) is 24.1 Å². The molecule has 0 unspecified atom stereocenters. The van der Waals surface area contributed by atoms with Crippen molar-refractivity contribution in [2.24, 2.45) is 17.6 Å². The van der Waals surface area contributed by atoms with Crippen molar-refractivity contribution in [3.8, 4) is 0 Å². The van der Waals surface area contributed by atoms with Crippen molar-refractivity contribution in [1.29, 1.82) is 0 Å². The molecule has 1 aromatic rings. The summed E-state index contributed by atoms with van der Waals surface area (Å²) in [6.45, 7) is 2.06. The van der Waals surface area contributed by atoms with Gasteiger partial charge in [-0.15, -0.1) is 0 Å². The van der Waals surface area contributed by atoms with Gasteiger partial charge in [0.2, 0.25) is 11.8 Å². The standard InChI is InChI=1S/C26H36N4O4/c27-18-6-4-17(5-7-18)22(14-16-10-12-34-13-11-16)28-21-3-1-2-19-20(21)15-30(26(19)33)23-8-9-24(31)29-25(23)32/h1-3,16-18,22-23,28H,4-15,27H2,(H,29,31,32)/t17?,18?,22-,23-/m1/s1. The molecule has 0 aromatic heterocycles. The summed E-state index contributed by atoms with van der Waals surface area (Å²) in [6.07, 6.45) is 8.30. The van der Waals surface area contributed by atoms with Gasteiger partial charge in [0.1, 0.15) is 6.04 Å². The first-order valence-electron chi connectivity index (χ1n) is 12.9. The minimum atomic E-state index is -0.594. The lowest BCUT2D eigenvalue weighted by molar-refractivity contribution is -0.136. The lowest BCUT2D eigenvalue weighted by Gasteiger charge is -2.37. The highest BCUT2D eigenvalue weighted by molar-refractivity contribution is 6.06. The average Bonchev–Trinajstić information content (AvgIpc) is 3.17. The van der Waals surface area contributed by atoms with Crippen LogP contribution in [0.25, 0.3) is 0 Å². The molecule has 1 aliphatic carbocycles. The molecule has 184 valence electrons. The van der Waals surface area contributed by atoms with Gasteiger partial charge in [0.15, 0.2) is 0 Å². The van der Waals surface area contributed by atoms with Gasteiger partial charge in [-0.25, -0.2) is 0 Å². The molecule has 1 saturated carbocycles. The molecular formula is C26H36N4O4. The van der Waals surface area contributed by atoms with E-state index in [0.717, 1.165) is 69.4 Å². The molecule has 0 bridgehead atoms. The maximum atomic E-state index is 13.2. The molecule has 2 saturated heterocycles. The molecule has 1 aromatic carbocycles. The third-order valence-corrected chi connectivity index (χ3v) is 8.24. The van der Waals surface area contributed by atoms with Gasteiger partial charge in [-0.3, -0.25) is 19.7 Å². The minimum absolute atomic E-state index is 0.127. The Bertz CT molecular complexity index is 937. The van der Waals surface area contributed by atoms with Gasteiger partial charge in [-0.2, -0.15) is 0 Å². The summed E-state index contributed by atoms with van der Waals surface area (Å²) < 4.78 is 5.58. The summed E-state index contributed by atoms with van der Waals surface area (Å²) in [5.74, 6) is 0.429. The van der Waals surface area contributed by atoms with E-state index in [1.807, 2.05) is 12.1 Å². The maximum Gasteiger partial charge on any atom is 0.255 e. The summed E-state index contributed by atoms with van der Waals surface area (Å²) >= 11 is 0. The van der Waals surface area contributed by atoms with Crippen molar-refractivity contribution in [3.63, 3.8) is 0 Å². The Labute approximate surface area is 201 Å². The first kappa shape index (κ1) is 23.3. The highest BCUT2D eigenvalue weighted by Crippen LogP contribution is 2.37. The summed E-state index contributed by atoms with van der Waals surface area (Å²) in [7, 11) is 0. The number of hydrogen-bond donors (Lipinski definition) is 3. The van der Waals surface area contributed by atoms with Crippen LogP contribution in [-0.2, 0) is 20.9 Å². The van der Waals surface area contributed by atoms with E-state index >= 15 is 0 Å². The zero-order valence-electron chi connectivity index (χ0n) is 19.8. The summed E-state index contributed by atoms with van der Waals surface area (Å²) in [5.41, 5.74) is 8.81. The number of nitrogens with one attached hydrogen (secondary N) is 2. The van der Waals surface area contributed by atoms with Gasteiger partial charge in [-0.05, 0) is 75.3 Å². The van der Waals surface area contributed by atoms with Crippen LogP contribution in [0.15, 0.2) is 18.2 Å². The number of piperidine rings is 1. The predicted octanol–water partition coefficient (Wildman–Crippen LogP) is 2.56. The van der Waals surface area contributed by atoms with Gasteiger partial charge < -0.3 is 20.7 Å². The molecule has 34 heavy (non-hydrogen) atoms. The van der Waals surface area contributed by atoms with Gasteiger partial charge in [0, 0.05) is 55.1 Å². The first-order valence-corrected chi connectivity index (χ1v) is 12.9.